The molecule has 5 heteroatoms. The van der Waals surface area contributed by atoms with Crippen LogP contribution in [0.5, 0.6) is 5.75 Å². The molecule has 0 saturated heterocycles. The predicted octanol–water partition coefficient (Wildman–Crippen LogP) is 3.80. The van der Waals surface area contributed by atoms with Crippen LogP contribution in [0.15, 0.2) is 36.4 Å². The Morgan fingerprint density at radius 3 is 2.37 bits per heavy atom. The Morgan fingerprint density at radius 1 is 1.16 bits per heavy atom. The Bertz CT molecular complexity index is 623. The summed E-state index contributed by atoms with van der Waals surface area (Å²) < 4.78 is 0. The number of rotatable bonds is 3. The lowest BCUT2D eigenvalue weighted by atomic mass is 10.1. The Kier molecular flexibility index (Phi) is 3.62. The fraction of sp³-hybridized carbons (Fsp3) is 0.0714. The first kappa shape index (κ1) is 13.2. The summed E-state index contributed by atoms with van der Waals surface area (Å²) >= 11 is 6.01. The molecule has 0 unspecified atom stereocenters. The number of nitrogens with one attached hydrogen (secondary N) is 1. The second kappa shape index (κ2) is 5.20. The van der Waals surface area contributed by atoms with Crippen molar-refractivity contribution in [1.29, 1.82) is 0 Å². The first-order valence-electron chi connectivity index (χ1n) is 5.57. The van der Waals surface area contributed by atoms with Crippen molar-refractivity contribution in [3.05, 3.63) is 52.5 Å². The van der Waals surface area contributed by atoms with Gasteiger partial charge in [-0.15, -0.1) is 0 Å². The molecule has 0 aliphatic carbocycles. The Balaban J connectivity index is 2.46. The molecule has 0 aliphatic heterocycles. The van der Waals surface area contributed by atoms with Gasteiger partial charge in [0.05, 0.1) is 11.3 Å². The third-order valence-corrected chi connectivity index (χ3v) is 3.18. The second-order valence-corrected chi connectivity index (χ2v) is 4.48. The van der Waals surface area contributed by atoms with Crippen LogP contribution in [0.25, 0.3) is 0 Å². The van der Waals surface area contributed by atoms with E-state index in [0.29, 0.717) is 22.0 Å². The number of phenolic OH excluding ortho intramolecular Hbond substituents is 1. The quantitative estimate of drug-likeness (QED) is 0.747. The van der Waals surface area contributed by atoms with Gasteiger partial charge < -0.3 is 15.5 Å². The molecule has 2 rings (SSSR count). The lowest BCUT2D eigenvalue weighted by Gasteiger charge is -2.14. The first-order valence-corrected chi connectivity index (χ1v) is 5.95. The van der Waals surface area contributed by atoms with Crippen molar-refractivity contribution in [2.45, 2.75) is 6.92 Å². The number of carbonyl (C=O) groups is 1. The summed E-state index contributed by atoms with van der Waals surface area (Å²) in [4.78, 5) is 11.2. The minimum Gasteiger partial charge on any atom is -0.508 e. The number of carboxylic acids is 1. The number of benzene rings is 2. The second-order valence-electron chi connectivity index (χ2n) is 4.07. The van der Waals surface area contributed by atoms with Crippen LogP contribution in [-0.2, 0) is 0 Å². The molecule has 0 saturated carbocycles. The van der Waals surface area contributed by atoms with Crippen molar-refractivity contribution in [2.75, 3.05) is 5.32 Å². The summed E-state index contributed by atoms with van der Waals surface area (Å²) in [5.74, 6) is -0.882. The molecule has 3 N–H and O–H groups in total. The Hall–Kier alpha value is -2.20. The number of halogens is 1. The number of carboxylic acid groups (broad SMARTS) is 1. The molecular formula is C14H12ClNO3. The van der Waals surface area contributed by atoms with Crippen LogP contribution in [0.4, 0.5) is 11.4 Å². The summed E-state index contributed by atoms with van der Waals surface area (Å²) in [6.45, 7) is 1.75. The summed E-state index contributed by atoms with van der Waals surface area (Å²) in [7, 11) is 0. The number of anilines is 2. The highest BCUT2D eigenvalue weighted by molar-refractivity contribution is 6.32. The smallest absolute Gasteiger partial charge is 0.337 e. The standard InChI is InChI=1S/C14H12ClNO3/c1-8-12(15)7-6-11(14(18)19)13(8)16-9-2-4-10(17)5-3-9/h2-7,16-17H,1H3,(H,18,19). The summed E-state index contributed by atoms with van der Waals surface area (Å²) in [5.41, 5.74) is 1.93. The highest BCUT2D eigenvalue weighted by Crippen LogP contribution is 2.30. The molecule has 19 heavy (non-hydrogen) atoms. The zero-order valence-electron chi connectivity index (χ0n) is 10.1. The van der Waals surface area contributed by atoms with Crippen molar-refractivity contribution >= 4 is 28.9 Å². The lowest BCUT2D eigenvalue weighted by molar-refractivity contribution is 0.0698. The van der Waals surface area contributed by atoms with E-state index in [9.17, 15) is 15.0 Å². The number of hydrogen-bond acceptors (Lipinski definition) is 3. The predicted molar refractivity (Wildman–Crippen MR) is 74.5 cm³/mol. The fourth-order valence-corrected chi connectivity index (χ4v) is 1.87. The summed E-state index contributed by atoms with van der Waals surface area (Å²) in [6.07, 6.45) is 0. The average molecular weight is 278 g/mol. The highest BCUT2D eigenvalue weighted by Gasteiger charge is 2.14. The largest absolute Gasteiger partial charge is 0.508 e. The van der Waals surface area contributed by atoms with Gasteiger partial charge >= 0.3 is 5.97 Å². The van der Waals surface area contributed by atoms with Gasteiger partial charge in [-0.2, -0.15) is 0 Å². The van der Waals surface area contributed by atoms with E-state index in [-0.39, 0.29) is 11.3 Å². The number of aromatic carboxylic acids is 1. The Labute approximate surface area is 115 Å². The van der Waals surface area contributed by atoms with E-state index in [1.54, 1.807) is 25.1 Å². The molecule has 0 aliphatic rings. The first-order chi connectivity index (χ1) is 8.99. The summed E-state index contributed by atoms with van der Waals surface area (Å²) in [6, 6.07) is 9.36. The zero-order valence-corrected chi connectivity index (χ0v) is 10.9. The van der Waals surface area contributed by atoms with E-state index in [4.69, 9.17) is 11.6 Å². The minimum atomic E-state index is -1.03. The Morgan fingerprint density at radius 2 is 1.79 bits per heavy atom. The van der Waals surface area contributed by atoms with Crippen molar-refractivity contribution in [3.63, 3.8) is 0 Å². The molecule has 2 aromatic carbocycles. The van der Waals surface area contributed by atoms with Gasteiger partial charge in [-0.1, -0.05) is 11.6 Å². The molecule has 0 bridgehead atoms. The summed E-state index contributed by atoms with van der Waals surface area (Å²) in [5, 5.41) is 21.9. The van der Waals surface area contributed by atoms with Crippen LogP contribution in [-0.4, -0.2) is 16.2 Å². The highest BCUT2D eigenvalue weighted by atomic mass is 35.5. The third kappa shape index (κ3) is 2.80. The van der Waals surface area contributed by atoms with Crippen LogP contribution >= 0.6 is 11.6 Å². The van der Waals surface area contributed by atoms with Crippen LogP contribution in [0, 0.1) is 6.92 Å². The van der Waals surface area contributed by atoms with Gasteiger partial charge in [-0.05, 0) is 48.9 Å². The van der Waals surface area contributed by atoms with E-state index in [0.717, 1.165) is 0 Å². The van der Waals surface area contributed by atoms with Crippen molar-refractivity contribution in [2.24, 2.45) is 0 Å². The number of aromatic hydroxyl groups is 1. The lowest BCUT2D eigenvalue weighted by Crippen LogP contribution is -2.04. The molecule has 98 valence electrons. The molecule has 4 nitrogen and oxygen atoms in total. The van der Waals surface area contributed by atoms with Crippen LogP contribution in [0.2, 0.25) is 5.02 Å². The normalized spacial score (nSPS) is 10.2. The topological polar surface area (TPSA) is 69.6 Å². The van der Waals surface area contributed by atoms with Gasteiger partial charge in [0.25, 0.3) is 0 Å². The number of phenols is 1. The third-order valence-electron chi connectivity index (χ3n) is 2.77. The maximum atomic E-state index is 11.2. The van der Waals surface area contributed by atoms with E-state index < -0.39 is 5.97 Å². The van der Waals surface area contributed by atoms with Crippen LogP contribution < -0.4 is 5.32 Å². The van der Waals surface area contributed by atoms with E-state index in [1.165, 1.54) is 18.2 Å². The van der Waals surface area contributed by atoms with Gasteiger partial charge in [0.2, 0.25) is 0 Å². The van der Waals surface area contributed by atoms with Crippen molar-refractivity contribution < 1.29 is 15.0 Å². The molecule has 2 aromatic rings. The van der Waals surface area contributed by atoms with Gasteiger partial charge in [0, 0.05) is 10.7 Å². The van der Waals surface area contributed by atoms with Gasteiger partial charge in [0.15, 0.2) is 0 Å². The molecule has 0 aromatic heterocycles. The van der Waals surface area contributed by atoms with Crippen molar-refractivity contribution in [1.82, 2.24) is 0 Å². The molecular weight excluding hydrogens is 266 g/mol. The molecule has 0 radical (unpaired) electrons. The molecule has 0 fully saturated rings. The maximum Gasteiger partial charge on any atom is 0.337 e. The van der Waals surface area contributed by atoms with E-state index in [2.05, 4.69) is 5.32 Å². The van der Waals surface area contributed by atoms with Gasteiger partial charge in [-0.25, -0.2) is 4.79 Å². The maximum absolute atomic E-state index is 11.2. The average Bonchev–Trinajstić information content (AvgIpc) is 2.37. The molecule has 0 atom stereocenters. The molecule has 0 heterocycles. The molecule has 0 spiro atoms. The van der Waals surface area contributed by atoms with Gasteiger partial charge in [0.1, 0.15) is 5.75 Å². The zero-order chi connectivity index (χ0) is 14.0. The minimum absolute atomic E-state index is 0.145. The van der Waals surface area contributed by atoms with Crippen LogP contribution in [0.1, 0.15) is 15.9 Å². The van der Waals surface area contributed by atoms with E-state index >= 15 is 0 Å². The monoisotopic (exact) mass is 277 g/mol. The fourth-order valence-electron chi connectivity index (χ4n) is 1.71. The van der Waals surface area contributed by atoms with Gasteiger partial charge in [-0.3, -0.25) is 0 Å². The number of hydrogen-bond donors (Lipinski definition) is 3. The van der Waals surface area contributed by atoms with E-state index in [1.807, 2.05) is 0 Å². The molecule has 0 amide bonds. The SMILES string of the molecule is Cc1c(Cl)ccc(C(=O)O)c1Nc1ccc(O)cc1. The van der Waals surface area contributed by atoms with Crippen LogP contribution in [0.3, 0.4) is 0 Å². The van der Waals surface area contributed by atoms with Crippen molar-refractivity contribution in [3.8, 4) is 5.75 Å².